The van der Waals surface area contributed by atoms with Gasteiger partial charge in [0.05, 0.1) is 23.2 Å². The number of aryl methyl sites for hydroxylation is 2. The Hall–Kier alpha value is -3.15. The number of rotatable bonds is 5. The minimum absolute atomic E-state index is 0.223. The Bertz CT molecular complexity index is 958. The highest BCUT2D eigenvalue weighted by Crippen LogP contribution is 2.18. The number of hydrogen-bond acceptors (Lipinski definition) is 4. The van der Waals surface area contributed by atoms with Crippen LogP contribution in [-0.4, -0.2) is 28.0 Å². The normalized spacial score (nSPS) is 10.7. The molecule has 134 valence electrons. The van der Waals surface area contributed by atoms with Gasteiger partial charge in [0.25, 0.3) is 5.91 Å². The molecule has 0 radical (unpaired) electrons. The van der Waals surface area contributed by atoms with Crippen molar-refractivity contribution in [3.05, 3.63) is 59.4 Å². The van der Waals surface area contributed by atoms with Gasteiger partial charge in [0.2, 0.25) is 0 Å². The number of esters is 1. The number of ether oxygens (including phenoxy) is 1. The van der Waals surface area contributed by atoms with E-state index in [0.717, 1.165) is 23.3 Å². The molecule has 0 aliphatic heterocycles. The lowest BCUT2D eigenvalue weighted by Gasteiger charge is -2.07. The number of aromatic nitrogens is 2. The molecular formula is C20H21N3O3. The van der Waals surface area contributed by atoms with Crippen molar-refractivity contribution in [2.75, 3.05) is 11.9 Å². The number of nitrogens with zero attached hydrogens (tertiary/aromatic N) is 2. The SMILES string of the molecule is CCOC(=O)c1ccc(NC(=O)c2ccc3c(c2)nc(CC)n3C)cc1. The van der Waals surface area contributed by atoms with E-state index in [4.69, 9.17) is 4.74 Å². The van der Waals surface area contributed by atoms with Crippen LogP contribution in [0.4, 0.5) is 5.69 Å². The van der Waals surface area contributed by atoms with E-state index in [1.54, 1.807) is 43.3 Å². The summed E-state index contributed by atoms with van der Waals surface area (Å²) in [7, 11) is 1.97. The molecule has 0 atom stereocenters. The molecule has 6 heteroatoms. The second-order valence-electron chi connectivity index (χ2n) is 5.90. The standard InChI is InChI=1S/C20H21N3O3/c1-4-18-22-16-12-14(8-11-17(16)23(18)3)19(24)21-15-9-6-13(7-10-15)20(25)26-5-2/h6-12H,4-5H2,1-3H3,(H,21,24). The van der Waals surface area contributed by atoms with Crippen molar-refractivity contribution in [2.24, 2.45) is 7.05 Å². The van der Waals surface area contributed by atoms with E-state index in [0.29, 0.717) is 23.4 Å². The number of carbonyl (C=O) groups excluding carboxylic acids is 2. The molecule has 0 aliphatic carbocycles. The molecule has 3 rings (SSSR count). The van der Waals surface area contributed by atoms with Crippen LogP contribution in [0.15, 0.2) is 42.5 Å². The first kappa shape index (κ1) is 17.7. The molecule has 0 aliphatic rings. The fraction of sp³-hybridized carbons (Fsp3) is 0.250. The van der Waals surface area contributed by atoms with E-state index < -0.39 is 0 Å². The third-order valence-corrected chi connectivity index (χ3v) is 4.21. The molecule has 0 bridgehead atoms. The maximum atomic E-state index is 12.5. The minimum atomic E-state index is -0.377. The van der Waals surface area contributed by atoms with Crippen LogP contribution in [0.3, 0.4) is 0 Å². The predicted octanol–water partition coefficient (Wildman–Crippen LogP) is 3.56. The molecule has 2 aromatic carbocycles. The summed E-state index contributed by atoms with van der Waals surface area (Å²) >= 11 is 0. The Kier molecular flexibility index (Phi) is 5.02. The topological polar surface area (TPSA) is 73.2 Å². The molecule has 0 unspecified atom stereocenters. The molecule has 1 heterocycles. The highest BCUT2D eigenvalue weighted by Gasteiger charge is 2.12. The largest absolute Gasteiger partial charge is 0.462 e. The number of fused-ring (bicyclic) bond motifs is 1. The zero-order valence-electron chi connectivity index (χ0n) is 15.1. The molecule has 0 saturated carbocycles. The number of benzene rings is 2. The van der Waals surface area contributed by atoms with Crippen molar-refractivity contribution in [1.82, 2.24) is 9.55 Å². The Morgan fingerprint density at radius 3 is 2.42 bits per heavy atom. The van der Waals surface area contributed by atoms with Gasteiger partial charge >= 0.3 is 5.97 Å². The average Bonchev–Trinajstić information content (AvgIpc) is 2.98. The van der Waals surface area contributed by atoms with E-state index in [1.165, 1.54) is 0 Å². The van der Waals surface area contributed by atoms with Gasteiger partial charge in [0, 0.05) is 24.7 Å². The van der Waals surface area contributed by atoms with Crippen molar-refractivity contribution in [3.8, 4) is 0 Å². The van der Waals surface area contributed by atoms with Gasteiger partial charge < -0.3 is 14.6 Å². The highest BCUT2D eigenvalue weighted by atomic mass is 16.5. The number of anilines is 1. The van der Waals surface area contributed by atoms with Gasteiger partial charge in [-0.25, -0.2) is 9.78 Å². The number of imidazole rings is 1. The number of amides is 1. The van der Waals surface area contributed by atoms with E-state index in [1.807, 2.05) is 17.7 Å². The van der Waals surface area contributed by atoms with E-state index >= 15 is 0 Å². The van der Waals surface area contributed by atoms with Crippen LogP contribution >= 0.6 is 0 Å². The molecule has 0 spiro atoms. The van der Waals surface area contributed by atoms with Gasteiger partial charge in [-0.05, 0) is 49.4 Å². The summed E-state index contributed by atoms with van der Waals surface area (Å²) in [5, 5.41) is 2.83. The monoisotopic (exact) mass is 351 g/mol. The van der Waals surface area contributed by atoms with Crippen LogP contribution in [0.5, 0.6) is 0 Å². The number of hydrogen-bond donors (Lipinski definition) is 1. The third kappa shape index (κ3) is 3.44. The van der Waals surface area contributed by atoms with Gasteiger partial charge in [0.15, 0.2) is 0 Å². The van der Waals surface area contributed by atoms with Gasteiger partial charge in [-0.15, -0.1) is 0 Å². The van der Waals surface area contributed by atoms with Crippen LogP contribution in [0.1, 0.15) is 40.4 Å². The number of carbonyl (C=O) groups is 2. The maximum absolute atomic E-state index is 12.5. The first-order valence-corrected chi connectivity index (χ1v) is 8.57. The average molecular weight is 351 g/mol. The zero-order chi connectivity index (χ0) is 18.7. The number of nitrogens with one attached hydrogen (secondary N) is 1. The van der Waals surface area contributed by atoms with E-state index in [-0.39, 0.29) is 11.9 Å². The summed E-state index contributed by atoms with van der Waals surface area (Å²) in [4.78, 5) is 28.7. The molecule has 26 heavy (non-hydrogen) atoms. The molecule has 1 amide bonds. The molecule has 0 saturated heterocycles. The summed E-state index contributed by atoms with van der Waals surface area (Å²) in [6, 6.07) is 12.1. The molecular weight excluding hydrogens is 330 g/mol. The fourth-order valence-corrected chi connectivity index (χ4v) is 2.81. The molecule has 0 fully saturated rings. The quantitative estimate of drug-likeness (QED) is 0.713. The second-order valence-corrected chi connectivity index (χ2v) is 5.90. The summed E-state index contributed by atoms with van der Waals surface area (Å²) in [6.07, 6.45) is 0.833. The third-order valence-electron chi connectivity index (χ3n) is 4.21. The van der Waals surface area contributed by atoms with Crippen LogP contribution in [0.25, 0.3) is 11.0 Å². The van der Waals surface area contributed by atoms with Crippen LogP contribution in [0.2, 0.25) is 0 Å². The van der Waals surface area contributed by atoms with Crippen molar-refractivity contribution >= 4 is 28.6 Å². The van der Waals surface area contributed by atoms with Gasteiger partial charge in [-0.3, -0.25) is 4.79 Å². The summed E-state index contributed by atoms with van der Waals surface area (Å²) in [5.41, 5.74) is 3.39. The predicted molar refractivity (Wildman–Crippen MR) is 100 cm³/mol. The van der Waals surface area contributed by atoms with Gasteiger partial charge in [0.1, 0.15) is 5.82 Å². The lowest BCUT2D eigenvalue weighted by atomic mass is 10.1. The summed E-state index contributed by atoms with van der Waals surface area (Å²) < 4.78 is 6.98. The van der Waals surface area contributed by atoms with Crippen LogP contribution < -0.4 is 5.32 Å². The van der Waals surface area contributed by atoms with Gasteiger partial charge in [-0.1, -0.05) is 6.92 Å². The maximum Gasteiger partial charge on any atom is 0.338 e. The molecule has 1 aromatic heterocycles. The van der Waals surface area contributed by atoms with E-state index in [9.17, 15) is 9.59 Å². The summed E-state index contributed by atoms with van der Waals surface area (Å²) in [6.45, 7) is 4.14. The summed E-state index contributed by atoms with van der Waals surface area (Å²) in [5.74, 6) is 0.379. The Balaban J connectivity index is 1.77. The molecule has 1 N–H and O–H groups in total. The Morgan fingerprint density at radius 2 is 1.77 bits per heavy atom. The first-order valence-electron chi connectivity index (χ1n) is 8.57. The van der Waals surface area contributed by atoms with Gasteiger partial charge in [-0.2, -0.15) is 0 Å². The zero-order valence-corrected chi connectivity index (χ0v) is 15.1. The van der Waals surface area contributed by atoms with Crippen molar-refractivity contribution in [1.29, 1.82) is 0 Å². The van der Waals surface area contributed by atoms with Crippen molar-refractivity contribution < 1.29 is 14.3 Å². The first-order chi connectivity index (χ1) is 12.5. The van der Waals surface area contributed by atoms with Crippen molar-refractivity contribution in [3.63, 3.8) is 0 Å². The van der Waals surface area contributed by atoms with Crippen LogP contribution in [-0.2, 0) is 18.2 Å². The highest BCUT2D eigenvalue weighted by molar-refractivity contribution is 6.06. The molecule has 6 nitrogen and oxygen atoms in total. The second kappa shape index (κ2) is 7.39. The van der Waals surface area contributed by atoms with Crippen LogP contribution in [0, 0.1) is 0 Å². The lowest BCUT2D eigenvalue weighted by Crippen LogP contribution is -2.12. The minimum Gasteiger partial charge on any atom is -0.462 e. The molecule has 3 aromatic rings. The van der Waals surface area contributed by atoms with Crippen molar-refractivity contribution in [2.45, 2.75) is 20.3 Å². The Labute approximate surface area is 151 Å². The lowest BCUT2D eigenvalue weighted by molar-refractivity contribution is 0.0526. The smallest absolute Gasteiger partial charge is 0.338 e. The Morgan fingerprint density at radius 1 is 1.08 bits per heavy atom. The fourth-order valence-electron chi connectivity index (χ4n) is 2.81. The van der Waals surface area contributed by atoms with E-state index in [2.05, 4.69) is 17.2 Å².